The summed E-state index contributed by atoms with van der Waals surface area (Å²) >= 11 is 1.34. The fraction of sp³-hybridized carbons (Fsp3) is 0.286. The number of hydrogen-bond acceptors (Lipinski definition) is 5. The van der Waals surface area contributed by atoms with Crippen molar-refractivity contribution >= 4 is 27.3 Å². The number of thiazole rings is 1. The van der Waals surface area contributed by atoms with Gasteiger partial charge in [0.2, 0.25) is 10.0 Å². The Hall–Kier alpha value is -1.77. The first-order valence-electron chi connectivity index (χ1n) is 6.58. The fourth-order valence-electron chi connectivity index (χ4n) is 1.95. The standard InChI is InChI=1S/C14H17N3O3S2/c1-9-13(21-10(2)17-9)14(18)16-8-11-5-4-6-12(7-11)22(19,20)15-3/h4-7,15H,8H2,1-3H3,(H,16,18). The van der Waals surface area contributed by atoms with Crippen LogP contribution >= 0.6 is 11.3 Å². The van der Waals surface area contributed by atoms with Crippen molar-refractivity contribution in [1.82, 2.24) is 15.0 Å². The van der Waals surface area contributed by atoms with Gasteiger partial charge in [0.15, 0.2) is 0 Å². The maximum absolute atomic E-state index is 12.1. The minimum absolute atomic E-state index is 0.173. The van der Waals surface area contributed by atoms with E-state index < -0.39 is 10.0 Å². The molecule has 0 aliphatic heterocycles. The van der Waals surface area contributed by atoms with E-state index in [9.17, 15) is 13.2 Å². The van der Waals surface area contributed by atoms with Crippen LogP contribution in [0.1, 0.15) is 25.9 Å². The predicted molar refractivity (Wildman–Crippen MR) is 85.4 cm³/mol. The highest BCUT2D eigenvalue weighted by atomic mass is 32.2. The zero-order valence-electron chi connectivity index (χ0n) is 12.5. The Morgan fingerprint density at radius 1 is 1.32 bits per heavy atom. The quantitative estimate of drug-likeness (QED) is 0.866. The van der Waals surface area contributed by atoms with Crippen molar-refractivity contribution in [2.24, 2.45) is 0 Å². The normalized spacial score (nSPS) is 11.4. The molecule has 6 nitrogen and oxygen atoms in total. The molecule has 0 saturated carbocycles. The Kier molecular flexibility index (Phi) is 4.94. The summed E-state index contributed by atoms with van der Waals surface area (Å²) in [6.45, 7) is 3.89. The van der Waals surface area contributed by atoms with E-state index in [1.807, 2.05) is 6.92 Å². The van der Waals surface area contributed by atoms with Crippen LogP contribution in [0.15, 0.2) is 29.2 Å². The molecule has 0 spiro atoms. The Morgan fingerprint density at radius 2 is 2.05 bits per heavy atom. The zero-order valence-corrected chi connectivity index (χ0v) is 14.1. The molecule has 0 bridgehead atoms. The van der Waals surface area contributed by atoms with Gasteiger partial charge in [-0.1, -0.05) is 12.1 Å². The van der Waals surface area contributed by atoms with Crippen molar-refractivity contribution in [1.29, 1.82) is 0 Å². The van der Waals surface area contributed by atoms with Gasteiger partial charge >= 0.3 is 0 Å². The molecule has 0 atom stereocenters. The molecule has 1 amide bonds. The maximum Gasteiger partial charge on any atom is 0.263 e. The lowest BCUT2D eigenvalue weighted by Crippen LogP contribution is -2.23. The van der Waals surface area contributed by atoms with E-state index in [2.05, 4.69) is 15.0 Å². The predicted octanol–water partition coefficient (Wildman–Crippen LogP) is 1.60. The number of rotatable bonds is 5. The number of sulfonamides is 1. The lowest BCUT2D eigenvalue weighted by Gasteiger charge is -2.07. The third kappa shape index (κ3) is 3.70. The van der Waals surface area contributed by atoms with Crippen LogP contribution in [-0.4, -0.2) is 26.4 Å². The van der Waals surface area contributed by atoms with E-state index in [-0.39, 0.29) is 17.3 Å². The minimum Gasteiger partial charge on any atom is -0.347 e. The molecule has 2 N–H and O–H groups in total. The van der Waals surface area contributed by atoms with E-state index in [0.717, 1.165) is 5.01 Å². The van der Waals surface area contributed by atoms with Gasteiger partial charge in [-0.15, -0.1) is 11.3 Å². The maximum atomic E-state index is 12.1. The largest absolute Gasteiger partial charge is 0.347 e. The van der Waals surface area contributed by atoms with Gasteiger partial charge in [0, 0.05) is 6.54 Å². The Morgan fingerprint density at radius 3 is 2.64 bits per heavy atom. The van der Waals surface area contributed by atoms with Crippen molar-refractivity contribution in [2.45, 2.75) is 25.3 Å². The molecule has 22 heavy (non-hydrogen) atoms. The van der Waals surface area contributed by atoms with Gasteiger partial charge < -0.3 is 5.32 Å². The molecule has 0 radical (unpaired) electrons. The monoisotopic (exact) mass is 339 g/mol. The van der Waals surface area contributed by atoms with Crippen molar-refractivity contribution < 1.29 is 13.2 Å². The van der Waals surface area contributed by atoms with Crippen molar-refractivity contribution in [3.63, 3.8) is 0 Å². The number of nitrogens with one attached hydrogen (secondary N) is 2. The Labute approximate surface area is 133 Å². The highest BCUT2D eigenvalue weighted by Gasteiger charge is 2.14. The molecule has 0 aliphatic rings. The number of aryl methyl sites for hydroxylation is 2. The van der Waals surface area contributed by atoms with Gasteiger partial charge in [-0.2, -0.15) is 0 Å². The fourth-order valence-corrected chi connectivity index (χ4v) is 3.58. The summed E-state index contributed by atoms with van der Waals surface area (Å²) < 4.78 is 25.8. The number of carbonyl (C=O) groups excluding carboxylic acids is 1. The molecule has 1 aromatic heterocycles. The first kappa shape index (κ1) is 16.6. The molecule has 8 heteroatoms. The Bertz CT molecular complexity index is 797. The molecule has 0 aliphatic carbocycles. The van der Waals surface area contributed by atoms with Crippen molar-refractivity contribution in [3.05, 3.63) is 45.4 Å². The van der Waals surface area contributed by atoms with E-state index in [0.29, 0.717) is 16.1 Å². The highest BCUT2D eigenvalue weighted by Crippen LogP contribution is 2.17. The second kappa shape index (κ2) is 6.55. The summed E-state index contributed by atoms with van der Waals surface area (Å²) in [6.07, 6.45) is 0. The van der Waals surface area contributed by atoms with Crippen LogP contribution in [-0.2, 0) is 16.6 Å². The number of benzene rings is 1. The van der Waals surface area contributed by atoms with Crippen LogP contribution in [0.2, 0.25) is 0 Å². The summed E-state index contributed by atoms with van der Waals surface area (Å²) in [6, 6.07) is 6.46. The molecule has 1 heterocycles. The average Bonchev–Trinajstić information content (AvgIpc) is 2.84. The topological polar surface area (TPSA) is 88.2 Å². The van der Waals surface area contributed by atoms with E-state index >= 15 is 0 Å². The third-order valence-corrected chi connectivity index (χ3v) is 5.52. The van der Waals surface area contributed by atoms with Crippen LogP contribution in [0.3, 0.4) is 0 Å². The number of hydrogen-bond donors (Lipinski definition) is 2. The third-order valence-electron chi connectivity index (χ3n) is 3.04. The molecule has 2 rings (SSSR count). The number of aromatic nitrogens is 1. The van der Waals surface area contributed by atoms with Gasteiger partial charge in [0.1, 0.15) is 4.88 Å². The summed E-state index contributed by atoms with van der Waals surface area (Å²) in [5.74, 6) is -0.204. The van der Waals surface area contributed by atoms with Crippen LogP contribution < -0.4 is 10.0 Å². The van der Waals surface area contributed by atoms with Crippen molar-refractivity contribution in [2.75, 3.05) is 7.05 Å². The van der Waals surface area contributed by atoms with Gasteiger partial charge in [0.25, 0.3) is 5.91 Å². The molecule has 0 unspecified atom stereocenters. The molecular weight excluding hydrogens is 322 g/mol. The molecule has 0 saturated heterocycles. The molecule has 0 fully saturated rings. The van der Waals surface area contributed by atoms with Crippen LogP contribution in [0, 0.1) is 13.8 Å². The highest BCUT2D eigenvalue weighted by molar-refractivity contribution is 7.89. The molecule has 1 aromatic carbocycles. The second-order valence-corrected chi connectivity index (χ2v) is 7.77. The minimum atomic E-state index is -3.49. The Balaban J connectivity index is 2.11. The SMILES string of the molecule is CNS(=O)(=O)c1cccc(CNC(=O)c2sc(C)nc2C)c1. The summed E-state index contributed by atoms with van der Waals surface area (Å²) in [5.41, 5.74) is 1.41. The first-order valence-corrected chi connectivity index (χ1v) is 8.88. The zero-order chi connectivity index (χ0) is 16.3. The van der Waals surface area contributed by atoms with Gasteiger partial charge in [-0.05, 0) is 38.6 Å². The number of carbonyl (C=O) groups is 1. The van der Waals surface area contributed by atoms with Gasteiger partial charge in [0.05, 0.1) is 15.6 Å². The van der Waals surface area contributed by atoms with E-state index in [4.69, 9.17) is 0 Å². The van der Waals surface area contributed by atoms with E-state index in [1.165, 1.54) is 30.5 Å². The first-order chi connectivity index (χ1) is 10.3. The second-order valence-electron chi connectivity index (χ2n) is 4.69. The van der Waals surface area contributed by atoms with Gasteiger partial charge in [-0.25, -0.2) is 18.1 Å². The number of nitrogens with zero attached hydrogens (tertiary/aromatic N) is 1. The smallest absolute Gasteiger partial charge is 0.263 e. The van der Waals surface area contributed by atoms with Crippen molar-refractivity contribution in [3.8, 4) is 0 Å². The summed E-state index contributed by atoms with van der Waals surface area (Å²) in [4.78, 5) is 17.1. The van der Waals surface area contributed by atoms with Crippen LogP contribution in [0.5, 0.6) is 0 Å². The van der Waals surface area contributed by atoms with E-state index in [1.54, 1.807) is 19.1 Å². The number of amides is 1. The van der Waals surface area contributed by atoms with Crippen LogP contribution in [0.25, 0.3) is 0 Å². The van der Waals surface area contributed by atoms with Gasteiger partial charge in [-0.3, -0.25) is 4.79 Å². The molecule has 118 valence electrons. The molecular formula is C14H17N3O3S2. The summed E-state index contributed by atoms with van der Waals surface area (Å²) in [7, 11) is -2.13. The average molecular weight is 339 g/mol. The lowest BCUT2D eigenvalue weighted by atomic mass is 10.2. The van der Waals surface area contributed by atoms with Crippen LogP contribution in [0.4, 0.5) is 0 Å². The lowest BCUT2D eigenvalue weighted by molar-refractivity contribution is 0.0954. The summed E-state index contributed by atoms with van der Waals surface area (Å²) in [5, 5.41) is 3.62. The molecule has 2 aromatic rings.